The molecular formula is C16H31N3O2. The van der Waals surface area contributed by atoms with E-state index in [9.17, 15) is 4.79 Å². The highest BCUT2D eigenvalue weighted by molar-refractivity contribution is 5.79. The molecule has 4 unspecified atom stereocenters. The van der Waals surface area contributed by atoms with Crippen LogP contribution in [0, 0.1) is 5.92 Å². The number of hydrogen-bond acceptors (Lipinski definition) is 5. The first-order chi connectivity index (χ1) is 9.85. The fourth-order valence-corrected chi connectivity index (χ4v) is 4.14. The van der Waals surface area contributed by atoms with Crippen molar-refractivity contribution in [2.24, 2.45) is 11.7 Å². The summed E-state index contributed by atoms with van der Waals surface area (Å²) in [7, 11) is 3.66. The van der Waals surface area contributed by atoms with E-state index in [2.05, 4.69) is 23.8 Å². The average Bonchev–Trinajstić information content (AvgIpc) is 2.45. The van der Waals surface area contributed by atoms with Crippen LogP contribution in [0.15, 0.2) is 0 Å². The third-order valence-electron chi connectivity index (χ3n) is 5.37. The number of fused-ring (bicyclic) bond motifs is 1. The summed E-state index contributed by atoms with van der Waals surface area (Å²) >= 11 is 0. The minimum Gasteiger partial charge on any atom is -0.468 e. The summed E-state index contributed by atoms with van der Waals surface area (Å²) in [4.78, 5) is 16.8. The van der Waals surface area contributed by atoms with Gasteiger partial charge in [-0.3, -0.25) is 4.79 Å². The molecule has 2 aliphatic heterocycles. The average molecular weight is 297 g/mol. The van der Waals surface area contributed by atoms with Gasteiger partial charge in [-0.05, 0) is 65.6 Å². The lowest BCUT2D eigenvalue weighted by atomic mass is 9.83. The molecule has 4 atom stereocenters. The van der Waals surface area contributed by atoms with Crippen LogP contribution in [0.2, 0.25) is 0 Å². The number of carbonyl (C=O) groups is 1. The Bertz CT molecular complexity index is 373. The number of ether oxygens (including phenoxy) is 1. The standard InChI is InChI=1S/C16H31N3O2/c1-12(10-16(2,17)15(20)21-4)19-9-7-14-13(11-19)6-5-8-18(14)3/h12-14H,5-11,17H2,1-4H3. The van der Waals surface area contributed by atoms with Crippen LogP contribution in [-0.2, 0) is 9.53 Å². The highest BCUT2D eigenvalue weighted by Gasteiger charge is 2.38. The van der Waals surface area contributed by atoms with Gasteiger partial charge in [0.1, 0.15) is 5.54 Å². The Morgan fingerprint density at radius 1 is 1.43 bits per heavy atom. The number of rotatable bonds is 4. The zero-order valence-corrected chi connectivity index (χ0v) is 14.0. The summed E-state index contributed by atoms with van der Waals surface area (Å²) in [6.07, 6.45) is 4.50. The predicted molar refractivity (Wildman–Crippen MR) is 84.0 cm³/mol. The van der Waals surface area contributed by atoms with E-state index in [4.69, 9.17) is 10.5 Å². The van der Waals surface area contributed by atoms with E-state index < -0.39 is 5.54 Å². The molecule has 0 spiro atoms. The quantitative estimate of drug-likeness (QED) is 0.787. The zero-order valence-electron chi connectivity index (χ0n) is 14.0. The first-order valence-electron chi connectivity index (χ1n) is 8.16. The fraction of sp³-hybridized carbons (Fsp3) is 0.938. The maximum Gasteiger partial charge on any atom is 0.325 e. The molecule has 5 nitrogen and oxygen atoms in total. The Hall–Kier alpha value is -0.650. The van der Waals surface area contributed by atoms with Gasteiger partial charge in [-0.2, -0.15) is 0 Å². The molecule has 21 heavy (non-hydrogen) atoms. The highest BCUT2D eigenvalue weighted by Crippen LogP contribution is 2.31. The fourth-order valence-electron chi connectivity index (χ4n) is 4.14. The third-order valence-corrected chi connectivity index (χ3v) is 5.37. The molecule has 0 amide bonds. The molecule has 0 aromatic carbocycles. The molecule has 0 radical (unpaired) electrons. The molecule has 0 bridgehead atoms. The van der Waals surface area contributed by atoms with Crippen LogP contribution >= 0.6 is 0 Å². The van der Waals surface area contributed by atoms with Gasteiger partial charge in [0.2, 0.25) is 0 Å². The number of nitrogens with zero attached hydrogens (tertiary/aromatic N) is 2. The van der Waals surface area contributed by atoms with Gasteiger partial charge in [-0.25, -0.2) is 0 Å². The van der Waals surface area contributed by atoms with E-state index in [1.165, 1.54) is 32.9 Å². The Labute approximate surface area is 128 Å². The van der Waals surface area contributed by atoms with Crippen LogP contribution in [0.1, 0.15) is 39.5 Å². The molecule has 2 rings (SSSR count). The maximum atomic E-state index is 11.8. The van der Waals surface area contributed by atoms with Crippen molar-refractivity contribution in [3.05, 3.63) is 0 Å². The number of hydrogen-bond donors (Lipinski definition) is 1. The van der Waals surface area contributed by atoms with Gasteiger partial charge < -0.3 is 20.3 Å². The Balaban J connectivity index is 1.92. The normalized spacial score (nSPS) is 32.0. The Morgan fingerprint density at radius 3 is 2.81 bits per heavy atom. The number of likely N-dealkylation sites (tertiary alicyclic amines) is 2. The summed E-state index contributed by atoms with van der Waals surface area (Å²) in [5.74, 6) is 0.448. The van der Waals surface area contributed by atoms with Crippen LogP contribution < -0.4 is 5.73 Å². The summed E-state index contributed by atoms with van der Waals surface area (Å²) in [6.45, 7) is 7.43. The highest BCUT2D eigenvalue weighted by atomic mass is 16.5. The van der Waals surface area contributed by atoms with Gasteiger partial charge in [0.15, 0.2) is 0 Å². The zero-order chi connectivity index (χ0) is 15.6. The van der Waals surface area contributed by atoms with E-state index in [1.807, 2.05) is 0 Å². The van der Waals surface area contributed by atoms with Crippen molar-refractivity contribution in [3.8, 4) is 0 Å². The minimum atomic E-state index is -0.894. The van der Waals surface area contributed by atoms with E-state index in [1.54, 1.807) is 6.92 Å². The minimum absolute atomic E-state index is 0.312. The molecule has 0 aromatic heterocycles. The van der Waals surface area contributed by atoms with E-state index >= 15 is 0 Å². The van der Waals surface area contributed by atoms with Gasteiger partial charge in [0.05, 0.1) is 7.11 Å². The third kappa shape index (κ3) is 3.76. The molecule has 2 saturated heterocycles. The number of carbonyl (C=O) groups excluding carboxylic acids is 1. The molecule has 2 fully saturated rings. The lowest BCUT2D eigenvalue weighted by Crippen LogP contribution is -2.56. The molecule has 0 saturated carbocycles. The van der Waals surface area contributed by atoms with Gasteiger partial charge in [0, 0.05) is 18.6 Å². The largest absolute Gasteiger partial charge is 0.468 e. The summed E-state index contributed by atoms with van der Waals surface area (Å²) in [6, 6.07) is 1.05. The van der Waals surface area contributed by atoms with Gasteiger partial charge in [-0.15, -0.1) is 0 Å². The molecular weight excluding hydrogens is 266 g/mol. The van der Waals surface area contributed by atoms with Crippen LogP contribution in [0.25, 0.3) is 0 Å². The van der Waals surface area contributed by atoms with Crippen LogP contribution in [-0.4, -0.2) is 67.2 Å². The lowest BCUT2D eigenvalue weighted by molar-refractivity contribution is -0.147. The summed E-state index contributed by atoms with van der Waals surface area (Å²) in [5.41, 5.74) is 5.23. The number of esters is 1. The molecule has 122 valence electrons. The summed E-state index contributed by atoms with van der Waals surface area (Å²) in [5, 5.41) is 0. The molecule has 0 aliphatic carbocycles. The Kier molecular flexibility index (Phi) is 5.28. The SMILES string of the molecule is COC(=O)C(C)(N)CC(C)N1CCC2C(CCCN2C)C1. The van der Waals surface area contributed by atoms with Crippen molar-refractivity contribution in [3.63, 3.8) is 0 Å². The number of piperidine rings is 2. The van der Waals surface area contributed by atoms with Crippen molar-refractivity contribution in [1.82, 2.24) is 9.80 Å². The van der Waals surface area contributed by atoms with Crippen molar-refractivity contribution in [1.29, 1.82) is 0 Å². The van der Waals surface area contributed by atoms with Crippen molar-refractivity contribution >= 4 is 5.97 Å². The smallest absolute Gasteiger partial charge is 0.325 e. The summed E-state index contributed by atoms with van der Waals surface area (Å²) < 4.78 is 4.81. The first kappa shape index (κ1) is 16.7. The molecule has 2 heterocycles. The van der Waals surface area contributed by atoms with Gasteiger partial charge in [-0.1, -0.05) is 0 Å². The number of nitrogens with two attached hydrogens (primary N) is 1. The van der Waals surface area contributed by atoms with Gasteiger partial charge >= 0.3 is 5.97 Å². The topological polar surface area (TPSA) is 58.8 Å². The Morgan fingerprint density at radius 2 is 2.14 bits per heavy atom. The molecule has 2 aliphatic rings. The van der Waals surface area contributed by atoms with Crippen LogP contribution in [0.4, 0.5) is 0 Å². The molecule has 2 N–H and O–H groups in total. The second-order valence-electron chi connectivity index (χ2n) is 7.20. The van der Waals surface area contributed by atoms with Crippen LogP contribution in [0.5, 0.6) is 0 Å². The van der Waals surface area contributed by atoms with E-state index in [0.717, 1.165) is 25.0 Å². The maximum absolute atomic E-state index is 11.8. The second kappa shape index (κ2) is 6.63. The van der Waals surface area contributed by atoms with Crippen molar-refractivity contribution in [2.45, 2.75) is 57.2 Å². The van der Waals surface area contributed by atoms with E-state index in [-0.39, 0.29) is 5.97 Å². The van der Waals surface area contributed by atoms with E-state index in [0.29, 0.717) is 12.5 Å². The predicted octanol–water partition coefficient (Wildman–Crippen LogP) is 1.07. The monoisotopic (exact) mass is 297 g/mol. The van der Waals surface area contributed by atoms with Gasteiger partial charge in [0.25, 0.3) is 0 Å². The lowest BCUT2D eigenvalue weighted by Gasteiger charge is -2.48. The first-order valence-corrected chi connectivity index (χ1v) is 8.16. The molecule has 5 heteroatoms. The van der Waals surface area contributed by atoms with Crippen molar-refractivity contribution < 1.29 is 9.53 Å². The van der Waals surface area contributed by atoms with Crippen LogP contribution in [0.3, 0.4) is 0 Å². The van der Waals surface area contributed by atoms with Crippen molar-refractivity contribution in [2.75, 3.05) is 33.8 Å². The second-order valence-corrected chi connectivity index (χ2v) is 7.20. The number of methoxy groups -OCH3 is 1. The molecule has 0 aromatic rings.